The number of halogens is 1. The standard InChI is InChI=1S/C26H29FN4O2/c1-17(32)28-26-11-12-31(15-21(26)24(29(2)16-26)18-7-5-4-6-8-18)25(33)23-14-19-13-20(27)9-10-22(19)30(23)3/h4-10,13-14,21,24H,11-12,15-16H2,1-3H3,(H,28,32)/t21-,24-,26-/m1/s1. The highest BCUT2D eigenvalue weighted by Crippen LogP contribution is 2.46. The monoisotopic (exact) mass is 448 g/mol. The van der Waals surface area contributed by atoms with Crippen molar-refractivity contribution in [2.24, 2.45) is 13.0 Å². The average molecular weight is 449 g/mol. The third-order valence-corrected chi connectivity index (χ3v) is 7.42. The number of aryl methyl sites for hydroxylation is 1. The molecule has 2 aromatic carbocycles. The Labute approximate surface area is 193 Å². The number of nitrogens with one attached hydrogen (secondary N) is 1. The van der Waals surface area contributed by atoms with E-state index >= 15 is 0 Å². The number of aromatic nitrogens is 1. The summed E-state index contributed by atoms with van der Waals surface area (Å²) >= 11 is 0. The van der Waals surface area contributed by atoms with E-state index in [0.29, 0.717) is 30.6 Å². The summed E-state index contributed by atoms with van der Waals surface area (Å²) in [5.74, 6) is -0.368. The number of benzene rings is 2. The second-order valence-corrected chi connectivity index (χ2v) is 9.51. The lowest BCUT2D eigenvalue weighted by Crippen LogP contribution is -2.61. The minimum Gasteiger partial charge on any atom is -0.349 e. The third kappa shape index (κ3) is 3.60. The highest BCUT2D eigenvalue weighted by molar-refractivity contribution is 5.98. The lowest BCUT2D eigenvalue weighted by Gasteiger charge is -2.45. The summed E-state index contributed by atoms with van der Waals surface area (Å²) in [5.41, 5.74) is 2.18. The van der Waals surface area contributed by atoms with Crippen molar-refractivity contribution < 1.29 is 14.0 Å². The first-order chi connectivity index (χ1) is 15.8. The average Bonchev–Trinajstić information content (AvgIpc) is 3.25. The zero-order chi connectivity index (χ0) is 23.3. The molecular weight excluding hydrogens is 419 g/mol. The van der Waals surface area contributed by atoms with Gasteiger partial charge in [-0.15, -0.1) is 0 Å². The summed E-state index contributed by atoms with van der Waals surface area (Å²) in [7, 11) is 3.93. The molecule has 0 aliphatic carbocycles. The van der Waals surface area contributed by atoms with E-state index in [4.69, 9.17) is 0 Å². The van der Waals surface area contributed by atoms with Crippen molar-refractivity contribution in [3.8, 4) is 0 Å². The molecule has 1 N–H and O–H groups in total. The Bertz CT molecular complexity index is 1220. The fourth-order valence-corrected chi connectivity index (χ4v) is 6.03. The summed E-state index contributed by atoms with van der Waals surface area (Å²) in [6.45, 7) is 3.40. The number of likely N-dealkylation sites (tertiary alicyclic amines) is 2. The molecule has 172 valence electrons. The molecule has 0 spiro atoms. The number of rotatable bonds is 3. The molecule has 3 atom stereocenters. The fraction of sp³-hybridized carbons (Fsp3) is 0.385. The van der Waals surface area contributed by atoms with Gasteiger partial charge in [-0.1, -0.05) is 30.3 Å². The first kappa shape index (κ1) is 21.6. The van der Waals surface area contributed by atoms with Crippen molar-refractivity contribution in [2.45, 2.75) is 24.9 Å². The smallest absolute Gasteiger partial charge is 0.270 e. The predicted molar refractivity (Wildman–Crippen MR) is 125 cm³/mol. The van der Waals surface area contributed by atoms with Gasteiger partial charge in [0.2, 0.25) is 5.91 Å². The Kier molecular flexibility index (Phi) is 5.24. The number of piperidine rings is 1. The molecular formula is C26H29FN4O2. The largest absolute Gasteiger partial charge is 0.349 e. The van der Waals surface area contributed by atoms with Crippen molar-refractivity contribution >= 4 is 22.7 Å². The van der Waals surface area contributed by atoms with E-state index in [-0.39, 0.29) is 35.1 Å². The Balaban J connectivity index is 1.49. The number of likely N-dealkylation sites (N-methyl/N-ethyl adjacent to an activating group) is 1. The Morgan fingerprint density at radius 3 is 2.58 bits per heavy atom. The molecule has 5 rings (SSSR count). The van der Waals surface area contributed by atoms with Crippen molar-refractivity contribution in [3.05, 3.63) is 71.7 Å². The maximum atomic E-state index is 13.7. The summed E-state index contributed by atoms with van der Waals surface area (Å²) in [5, 5.41) is 3.98. The normalized spacial score (nSPS) is 25.3. The fourth-order valence-electron chi connectivity index (χ4n) is 6.03. The molecule has 2 aliphatic heterocycles. The number of hydrogen-bond acceptors (Lipinski definition) is 3. The first-order valence-electron chi connectivity index (χ1n) is 11.4. The minimum atomic E-state index is -0.375. The van der Waals surface area contributed by atoms with Gasteiger partial charge >= 0.3 is 0 Å². The molecule has 3 heterocycles. The highest BCUT2D eigenvalue weighted by atomic mass is 19.1. The zero-order valence-electron chi connectivity index (χ0n) is 19.2. The van der Waals surface area contributed by atoms with E-state index < -0.39 is 0 Å². The van der Waals surface area contributed by atoms with Crippen molar-refractivity contribution in [1.29, 1.82) is 0 Å². The van der Waals surface area contributed by atoms with Crippen LogP contribution in [-0.4, -0.2) is 58.4 Å². The van der Waals surface area contributed by atoms with E-state index in [1.54, 1.807) is 19.1 Å². The second kappa shape index (κ2) is 7.99. The number of nitrogens with zero attached hydrogens (tertiary/aromatic N) is 3. The van der Waals surface area contributed by atoms with E-state index in [0.717, 1.165) is 12.1 Å². The van der Waals surface area contributed by atoms with Gasteiger partial charge in [0, 0.05) is 56.5 Å². The minimum absolute atomic E-state index is 0.0439. The molecule has 1 aromatic heterocycles. The number of carbonyl (C=O) groups excluding carboxylic acids is 2. The second-order valence-electron chi connectivity index (χ2n) is 9.51. The van der Waals surface area contributed by atoms with Crippen LogP contribution in [0, 0.1) is 11.7 Å². The van der Waals surface area contributed by atoms with E-state index in [1.165, 1.54) is 17.7 Å². The van der Waals surface area contributed by atoms with Gasteiger partial charge in [-0.25, -0.2) is 4.39 Å². The number of hydrogen-bond donors (Lipinski definition) is 1. The molecule has 0 saturated carbocycles. The Morgan fingerprint density at radius 1 is 1.09 bits per heavy atom. The number of fused-ring (bicyclic) bond motifs is 2. The zero-order valence-corrected chi connectivity index (χ0v) is 19.2. The van der Waals surface area contributed by atoms with Crippen LogP contribution < -0.4 is 5.32 Å². The van der Waals surface area contributed by atoms with Crippen LogP contribution in [-0.2, 0) is 11.8 Å². The molecule has 0 unspecified atom stereocenters. The number of carbonyl (C=O) groups is 2. The van der Waals surface area contributed by atoms with E-state index in [9.17, 15) is 14.0 Å². The summed E-state index contributed by atoms with van der Waals surface area (Å²) in [6, 6.07) is 16.7. The van der Waals surface area contributed by atoms with Crippen LogP contribution in [0.1, 0.15) is 35.4 Å². The van der Waals surface area contributed by atoms with Crippen LogP contribution in [0.25, 0.3) is 10.9 Å². The quantitative estimate of drug-likeness (QED) is 0.669. The SMILES string of the molecule is CC(=O)N[C@@]12CCN(C(=O)c3cc4cc(F)ccc4n3C)C[C@@H]1[C@@H](c1ccccc1)N(C)C2. The van der Waals surface area contributed by atoms with Crippen LogP contribution in [0.3, 0.4) is 0 Å². The van der Waals surface area contributed by atoms with Crippen molar-refractivity contribution in [2.75, 3.05) is 26.7 Å². The maximum absolute atomic E-state index is 13.7. The molecule has 3 aromatic rings. The van der Waals surface area contributed by atoms with Gasteiger partial charge in [-0.05, 0) is 43.3 Å². The van der Waals surface area contributed by atoms with Crippen LogP contribution in [0.2, 0.25) is 0 Å². The summed E-state index contributed by atoms with van der Waals surface area (Å²) < 4.78 is 15.6. The van der Waals surface area contributed by atoms with Crippen LogP contribution in [0.5, 0.6) is 0 Å². The van der Waals surface area contributed by atoms with Crippen molar-refractivity contribution in [1.82, 2.24) is 19.7 Å². The maximum Gasteiger partial charge on any atom is 0.270 e. The molecule has 2 amide bonds. The lowest BCUT2D eigenvalue weighted by molar-refractivity contribution is -0.121. The van der Waals surface area contributed by atoms with Gasteiger partial charge in [0.1, 0.15) is 11.5 Å². The summed E-state index contributed by atoms with van der Waals surface area (Å²) in [4.78, 5) is 30.0. The van der Waals surface area contributed by atoms with Gasteiger partial charge in [0.15, 0.2) is 0 Å². The van der Waals surface area contributed by atoms with E-state index in [2.05, 4.69) is 29.4 Å². The highest BCUT2D eigenvalue weighted by Gasteiger charge is 2.55. The Morgan fingerprint density at radius 2 is 1.85 bits per heavy atom. The van der Waals surface area contributed by atoms with Crippen LogP contribution in [0.15, 0.2) is 54.6 Å². The third-order valence-electron chi connectivity index (χ3n) is 7.42. The number of amides is 2. The van der Waals surface area contributed by atoms with Gasteiger partial charge < -0.3 is 14.8 Å². The van der Waals surface area contributed by atoms with Crippen LogP contribution in [0.4, 0.5) is 4.39 Å². The van der Waals surface area contributed by atoms with Gasteiger partial charge in [-0.3, -0.25) is 14.5 Å². The molecule has 33 heavy (non-hydrogen) atoms. The van der Waals surface area contributed by atoms with Gasteiger partial charge in [0.05, 0.1) is 5.54 Å². The first-order valence-corrected chi connectivity index (χ1v) is 11.4. The predicted octanol–water partition coefficient (Wildman–Crippen LogP) is 3.34. The Hall–Kier alpha value is -3.19. The molecule has 6 nitrogen and oxygen atoms in total. The molecule has 2 fully saturated rings. The molecule has 0 radical (unpaired) electrons. The van der Waals surface area contributed by atoms with E-state index in [1.807, 2.05) is 34.7 Å². The molecule has 0 bridgehead atoms. The molecule has 7 heteroatoms. The van der Waals surface area contributed by atoms with Crippen LogP contribution >= 0.6 is 0 Å². The lowest BCUT2D eigenvalue weighted by atomic mass is 9.75. The molecule has 2 aliphatic rings. The molecule has 2 saturated heterocycles. The topological polar surface area (TPSA) is 57.6 Å². The van der Waals surface area contributed by atoms with Crippen molar-refractivity contribution in [3.63, 3.8) is 0 Å². The summed E-state index contributed by atoms with van der Waals surface area (Å²) in [6.07, 6.45) is 0.690. The van der Waals surface area contributed by atoms with Gasteiger partial charge in [-0.2, -0.15) is 0 Å². The van der Waals surface area contributed by atoms with Gasteiger partial charge in [0.25, 0.3) is 5.91 Å².